The molecule has 13 nitrogen and oxygen atoms in total. The van der Waals surface area contributed by atoms with E-state index in [1.165, 1.54) is 78.1 Å². The first-order valence-corrected chi connectivity index (χ1v) is 23.7. The molecule has 0 radical (unpaired) electrons. The van der Waals surface area contributed by atoms with Gasteiger partial charge in [0.15, 0.2) is 6.20 Å². The van der Waals surface area contributed by atoms with Crippen LogP contribution in [0, 0.1) is 0 Å². The van der Waals surface area contributed by atoms with Gasteiger partial charge in [-0.25, -0.2) is 32.2 Å². The number of carbonyl (C=O) groups is 3. The van der Waals surface area contributed by atoms with Crippen LogP contribution in [-0.2, 0) is 39.0 Å². The number of carbonyl (C=O) groups excluding carboxylic acids is 3. The molecule has 3 amide bonds. The Bertz CT molecular complexity index is 1890. The molecule has 1 aromatic heterocycles. The number of methoxy groups -OCH3 is 2. The average molecular weight is 868 g/mol. The van der Waals surface area contributed by atoms with Crippen molar-refractivity contribution in [1.29, 1.82) is 0 Å². The second-order valence-corrected chi connectivity index (χ2v) is 17.2. The topological polar surface area (TPSA) is 167 Å². The molecule has 61 heavy (non-hydrogen) atoms. The van der Waals surface area contributed by atoms with E-state index in [9.17, 15) is 22.8 Å². The van der Waals surface area contributed by atoms with Gasteiger partial charge in [-0.1, -0.05) is 128 Å². The Morgan fingerprint density at radius 2 is 1.41 bits per heavy atom. The van der Waals surface area contributed by atoms with E-state index in [0.717, 1.165) is 37.0 Å². The highest BCUT2D eigenvalue weighted by Gasteiger charge is 2.32. The molecule has 0 aliphatic heterocycles. The van der Waals surface area contributed by atoms with Crippen LogP contribution in [0.4, 0.5) is 9.59 Å². The lowest BCUT2D eigenvalue weighted by Crippen LogP contribution is -2.44. The summed E-state index contributed by atoms with van der Waals surface area (Å²) in [6.07, 6.45) is 15.9. The summed E-state index contributed by atoms with van der Waals surface area (Å²) in [7, 11) is -1.21. The highest BCUT2D eigenvalue weighted by Crippen LogP contribution is 2.31. The number of imide groups is 1. The molecule has 3 N–H and O–H groups in total. The van der Waals surface area contributed by atoms with Crippen LogP contribution in [-0.4, -0.2) is 64.4 Å². The Labute approximate surface area is 364 Å². The number of amides is 3. The molecule has 0 spiro atoms. The van der Waals surface area contributed by atoms with E-state index in [2.05, 4.69) is 11.6 Å². The molecule has 0 saturated heterocycles. The van der Waals surface area contributed by atoms with Crippen molar-refractivity contribution in [3.63, 3.8) is 0 Å². The third kappa shape index (κ3) is 17.3. The fourth-order valence-electron chi connectivity index (χ4n) is 7.55. The molecular weight excluding hydrogens is 797 g/mol. The predicted molar refractivity (Wildman–Crippen MR) is 237 cm³/mol. The number of ether oxygens (including phenoxy) is 4. The standard InChI is InChI=1S/C47H70N4O9S/c1-6-9-10-11-12-13-14-15-16-17-18-19-27-38(25-7-2)49-61(55,56)43-31-24-26-37(44(43)58-5)35-40(32-34-59-46(48)53)60-47(54)51(36-39-28-22-23-33-50(39)8-3)45(52)41-29-20-21-30-42(41)57-4/h20-24,26,28-31,33,38,40,49H,6-19,25,27,32,34-36H2,1-5H3,(H-,48,53)/p+1. The summed E-state index contributed by atoms with van der Waals surface area (Å²) >= 11 is 0. The number of pyridine rings is 1. The fourth-order valence-corrected chi connectivity index (χ4v) is 9.07. The van der Waals surface area contributed by atoms with Crippen molar-refractivity contribution in [3.05, 3.63) is 83.7 Å². The summed E-state index contributed by atoms with van der Waals surface area (Å²) in [5.74, 6) is -0.273. The Morgan fingerprint density at radius 3 is 2.03 bits per heavy atom. The third-order valence-corrected chi connectivity index (χ3v) is 12.4. The quantitative estimate of drug-likeness (QED) is 0.0490. The Morgan fingerprint density at radius 1 is 0.754 bits per heavy atom. The number of nitrogens with one attached hydrogen (secondary N) is 1. The lowest BCUT2D eigenvalue weighted by atomic mass is 10.0. The summed E-state index contributed by atoms with van der Waals surface area (Å²) in [5.41, 5.74) is 6.52. The number of aromatic nitrogens is 1. The largest absolute Gasteiger partial charge is 0.496 e. The molecule has 0 aliphatic carbocycles. The van der Waals surface area contributed by atoms with Gasteiger partial charge in [-0.2, -0.15) is 0 Å². The molecule has 1 heterocycles. The molecular formula is C47H71N4O9S+. The van der Waals surface area contributed by atoms with E-state index in [0.29, 0.717) is 24.2 Å². The van der Waals surface area contributed by atoms with Gasteiger partial charge < -0.3 is 24.7 Å². The van der Waals surface area contributed by atoms with Crippen molar-refractivity contribution in [2.45, 2.75) is 160 Å². The van der Waals surface area contributed by atoms with Crippen LogP contribution in [0.25, 0.3) is 0 Å². The second kappa shape index (κ2) is 28.0. The zero-order chi connectivity index (χ0) is 44.5. The number of para-hydroxylation sites is 2. The number of nitrogens with zero attached hydrogens (tertiary/aromatic N) is 2. The lowest BCUT2D eigenvalue weighted by Gasteiger charge is -2.25. The van der Waals surface area contributed by atoms with Crippen molar-refractivity contribution >= 4 is 28.1 Å². The molecule has 14 heteroatoms. The minimum absolute atomic E-state index is 0.0122. The number of unbranched alkanes of at least 4 members (excludes halogenated alkanes) is 11. The second-order valence-electron chi connectivity index (χ2n) is 15.5. The molecule has 0 aliphatic rings. The maximum atomic E-state index is 14.2. The van der Waals surface area contributed by atoms with Crippen LogP contribution in [0.2, 0.25) is 0 Å². The van der Waals surface area contributed by atoms with Crippen LogP contribution < -0.4 is 24.5 Å². The summed E-state index contributed by atoms with van der Waals surface area (Å²) in [6.45, 7) is 6.48. The van der Waals surface area contributed by atoms with Crippen LogP contribution in [0.5, 0.6) is 11.5 Å². The van der Waals surface area contributed by atoms with Gasteiger partial charge in [-0.05, 0) is 43.5 Å². The number of sulfonamides is 1. The number of benzene rings is 2. The van der Waals surface area contributed by atoms with Gasteiger partial charge in [0.2, 0.25) is 15.7 Å². The number of hydrogen-bond acceptors (Lipinski definition) is 9. The minimum atomic E-state index is -4.04. The first-order valence-electron chi connectivity index (χ1n) is 22.2. The smallest absolute Gasteiger partial charge is 0.417 e. The molecule has 2 atom stereocenters. The molecule has 3 aromatic rings. The number of primary amides is 1. The number of nitrogens with two attached hydrogens (primary N) is 1. The van der Waals surface area contributed by atoms with E-state index < -0.39 is 34.2 Å². The maximum Gasteiger partial charge on any atom is 0.417 e. The molecule has 0 bridgehead atoms. The van der Waals surface area contributed by atoms with Gasteiger partial charge in [-0.3, -0.25) is 4.79 Å². The third-order valence-electron chi connectivity index (χ3n) is 10.8. The number of rotatable bonds is 30. The molecule has 0 fully saturated rings. The minimum Gasteiger partial charge on any atom is -0.496 e. The van der Waals surface area contributed by atoms with Crippen molar-refractivity contribution in [3.8, 4) is 11.5 Å². The van der Waals surface area contributed by atoms with Crippen molar-refractivity contribution in [2.75, 3.05) is 20.8 Å². The molecule has 2 aromatic carbocycles. The van der Waals surface area contributed by atoms with E-state index in [1.54, 1.807) is 36.4 Å². The Hall–Kier alpha value is -4.69. The van der Waals surface area contributed by atoms with Crippen LogP contribution in [0.1, 0.15) is 145 Å². The SMILES string of the molecule is CCCCCCCCCCCCCCC(CCC)NS(=O)(=O)c1cccc(CC(CCOC(N)=O)OC(=O)N(Cc2cccc[n+]2CC)C(=O)c2ccccc2OC)c1OC. The van der Waals surface area contributed by atoms with E-state index in [-0.39, 0.29) is 54.0 Å². The van der Waals surface area contributed by atoms with Gasteiger partial charge in [0, 0.05) is 31.0 Å². The zero-order valence-corrected chi connectivity index (χ0v) is 38.0. The van der Waals surface area contributed by atoms with E-state index in [4.69, 9.17) is 24.7 Å². The van der Waals surface area contributed by atoms with Gasteiger partial charge >= 0.3 is 12.2 Å². The van der Waals surface area contributed by atoms with Crippen LogP contribution >= 0.6 is 0 Å². The number of hydrogen-bond donors (Lipinski definition) is 2. The maximum absolute atomic E-state index is 14.2. The molecule has 338 valence electrons. The summed E-state index contributed by atoms with van der Waals surface area (Å²) in [6, 6.07) is 16.6. The van der Waals surface area contributed by atoms with Gasteiger partial charge in [0.05, 0.1) is 26.4 Å². The average Bonchev–Trinajstić information content (AvgIpc) is 3.25. The zero-order valence-electron chi connectivity index (χ0n) is 37.2. The molecule has 2 unspecified atom stereocenters. The lowest BCUT2D eigenvalue weighted by molar-refractivity contribution is -0.701. The summed E-state index contributed by atoms with van der Waals surface area (Å²) in [5, 5.41) is 0. The first-order chi connectivity index (χ1) is 29.5. The molecule has 0 saturated carbocycles. The Kier molecular flexibility index (Phi) is 23.3. The van der Waals surface area contributed by atoms with E-state index in [1.807, 2.05) is 42.8 Å². The number of aryl methyl sites for hydroxylation is 1. The summed E-state index contributed by atoms with van der Waals surface area (Å²) < 4.78 is 55.2. The van der Waals surface area contributed by atoms with Crippen LogP contribution in [0.15, 0.2) is 71.8 Å². The predicted octanol–water partition coefficient (Wildman–Crippen LogP) is 9.43. The highest BCUT2D eigenvalue weighted by molar-refractivity contribution is 7.89. The normalized spacial score (nSPS) is 12.3. The van der Waals surface area contributed by atoms with Gasteiger partial charge in [-0.15, -0.1) is 0 Å². The van der Waals surface area contributed by atoms with Crippen molar-refractivity contribution < 1.29 is 46.3 Å². The Balaban J connectivity index is 1.80. The first kappa shape index (κ1) is 50.7. The monoisotopic (exact) mass is 867 g/mol. The van der Waals surface area contributed by atoms with Crippen LogP contribution in [0.3, 0.4) is 0 Å². The summed E-state index contributed by atoms with van der Waals surface area (Å²) in [4.78, 5) is 40.9. The molecule has 3 rings (SSSR count). The highest BCUT2D eigenvalue weighted by atomic mass is 32.2. The van der Waals surface area contributed by atoms with E-state index >= 15 is 0 Å². The fraction of sp³-hybridized carbons (Fsp3) is 0.574. The van der Waals surface area contributed by atoms with Crippen molar-refractivity contribution in [1.82, 2.24) is 9.62 Å². The van der Waals surface area contributed by atoms with Gasteiger partial charge in [0.1, 0.15) is 35.6 Å². The van der Waals surface area contributed by atoms with Gasteiger partial charge in [0.25, 0.3) is 5.91 Å². The van der Waals surface area contributed by atoms with Crippen molar-refractivity contribution in [2.24, 2.45) is 5.73 Å².